The van der Waals surface area contributed by atoms with Crippen molar-refractivity contribution in [3.8, 4) is 0 Å². The van der Waals surface area contributed by atoms with Gasteiger partial charge < -0.3 is 5.32 Å². The van der Waals surface area contributed by atoms with Crippen LogP contribution in [-0.4, -0.2) is 16.0 Å². The third kappa shape index (κ3) is 3.74. The fraction of sp³-hybridized carbons (Fsp3) is 0.417. The van der Waals surface area contributed by atoms with Crippen molar-refractivity contribution in [1.82, 2.24) is 15.3 Å². The molecule has 102 valence electrons. The maximum Gasteiger partial charge on any atom is 0.321 e. The topological polar surface area (TPSA) is 66.9 Å². The molecule has 2 N–H and O–H groups in total. The first-order chi connectivity index (χ1) is 9.08. The molecule has 0 saturated carbocycles. The van der Waals surface area contributed by atoms with Gasteiger partial charge in [0, 0.05) is 16.0 Å². The lowest BCUT2D eigenvalue weighted by molar-refractivity contribution is 0.251. The summed E-state index contributed by atoms with van der Waals surface area (Å²) in [7, 11) is 0. The van der Waals surface area contributed by atoms with Crippen LogP contribution in [0.1, 0.15) is 27.4 Å². The lowest BCUT2D eigenvalue weighted by atomic mass is 10.4. The Labute approximate surface area is 120 Å². The lowest BCUT2D eigenvalue weighted by Gasteiger charge is -2.02. The average molecular weight is 296 g/mol. The summed E-state index contributed by atoms with van der Waals surface area (Å²) in [4.78, 5) is 22.5. The normalized spacial score (nSPS) is 10.5. The van der Waals surface area contributed by atoms with E-state index in [0.29, 0.717) is 11.7 Å². The first-order valence-corrected chi connectivity index (χ1v) is 7.64. The molecular weight excluding hydrogens is 280 g/mol. The number of rotatable bonds is 4. The molecule has 0 atom stereocenters. The number of carbonyl (C=O) groups excluding carboxylic acids is 1. The smallest absolute Gasteiger partial charge is 0.321 e. The number of hydrogen-bond donors (Lipinski definition) is 2. The minimum Gasteiger partial charge on any atom is -0.331 e. The summed E-state index contributed by atoms with van der Waals surface area (Å²) < 4.78 is 0. The Balaban J connectivity index is 1.84. The average Bonchev–Trinajstić information content (AvgIpc) is 2.95. The number of thiazole rings is 2. The first kappa shape index (κ1) is 14.0. The maximum absolute atomic E-state index is 11.7. The monoisotopic (exact) mass is 296 g/mol. The van der Waals surface area contributed by atoms with E-state index in [9.17, 15) is 4.79 Å². The molecule has 2 heterocycles. The van der Waals surface area contributed by atoms with Gasteiger partial charge in [0.1, 0.15) is 5.01 Å². The van der Waals surface area contributed by atoms with E-state index in [4.69, 9.17) is 0 Å². The van der Waals surface area contributed by atoms with Gasteiger partial charge in [-0.25, -0.2) is 14.8 Å². The van der Waals surface area contributed by atoms with Crippen LogP contribution in [0.2, 0.25) is 0 Å². The number of hydrogen-bond acceptors (Lipinski definition) is 5. The molecule has 0 aromatic carbocycles. The number of aryl methyl sites for hydroxylation is 3. The van der Waals surface area contributed by atoms with E-state index < -0.39 is 0 Å². The minimum absolute atomic E-state index is 0.248. The van der Waals surface area contributed by atoms with Gasteiger partial charge in [-0.15, -0.1) is 22.7 Å². The highest BCUT2D eigenvalue weighted by molar-refractivity contribution is 7.15. The number of carbonyl (C=O) groups is 1. The number of urea groups is 1. The Bertz CT molecular complexity index is 557. The Morgan fingerprint density at radius 3 is 2.74 bits per heavy atom. The first-order valence-electron chi connectivity index (χ1n) is 6.01. The Morgan fingerprint density at radius 1 is 1.37 bits per heavy atom. The molecule has 2 rings (SSSR count). The molecule has 2 aromatic heterocycles. The standard InChI is InChI=1S/C12H16N4OS2/c1-4-9-5-14-12(19-9)16-11(17)13-6-10-15-7(2)8(3)18-10/h5H,4,6H2,1-3H3,(H2,13,14,16,17). The van der Waals surface area contributed by atoms with Crippen molar-refractivity contribution < 1.29 is 4.79 Å². The van der Waals surface area contributed by atoms with Gasteiger partial charge in [-0.1, -0.05) is 6.92 Å². The quantitative estimate of drug-likeness (QED) is 0.911. The van der Waals surface area contributed by atoms with Crippen LogP contribution in [0.25, 0.3) is 0 Å². The summed E-state index contributed by atoms with van der Waals surface area (Å²) in [6, 6.07) is -0.248. The third-order valence-electron chi connectivity index (χ3n) is 2.60. The molecule has 19 heavy (non-hydrogen) atoms. The molecule has 0 spiro atoms. The van der Waals surface area contributed by atoms with Crippen molar-refractivity contribution in [2.45, 2.75) is 33.7 Å². The summed E-state index contributed by atoms with van der Waals surface area (Å²) in [6.45, 7) is 6.50. The van der Waals surface area contributed by atoms with Gasteiger partial charge in [0.25, 0.3) is 0 Å². The van der Waals surface area contributed by atoms with Crippen LogP contribution >= 0.6 is 22.7 Å². The van der Waals surface area contributed by atoms with Gasteiger partial charge in [0.2, 0.25) is 0 Å². The molecule has 0 unspecified atom stereocenters. The molecule has 0 radical (unpaired) electrons. The molecule has 2 amide bonds. The fourth-order valence-electron chi connectivity index (χ4n) is 1.44. The van der Waals surface area contributed by atoms with Gasteiger partial charge in [-0.3, -0.25) is 5.32 Å². The second kappa shape index (κ2) is 6.12. The molecule has 0 bridgehead atoms. The molecule has 0 aliphatic carbocycles. The summed E-state index contributed by atoms with van der Waals surface area (Å²) in [5.74, 6) is 0. The molecular formula is C12H16N4OS2. The highest BCUT2D eigenvalue weighted by Crippen LogP contribution is 2.18. The van der Waals surface area contributed by atoms with Crippen LogP contribution in [0, 0.1) is 13.8 Å². The molecule has 0 fully saturated rings. The lowest BCUT2D eigenvalue weighted by Crippen LogP contribution is -2.28. The summed E-state index contributed by atoms with van der Waals surface area (Å²) in [5.41, 5.74) is 1.02. The van der Waals surface area contributed by atoms with Gasteiger partial charge >= 0.3 is 6.03 Å². The van der Waals surface area contributed by atoms with E-state index in [1.165, 1.54) is 16.2 Å². The second-order valence-electron chi connectivity index (χ2n) is 4.04. The minimum atomic E-state index is -0.248. The van der Waals surface area contributed by atoms with Crippen LogP contribution < -0.4 is 10.6 Å². The Kier molecular flexibility index (Phi) is 4.49. The van der Waals surface area contributed by atoms with Crippen LogP contribution in [0.5, 0.6) is 0 Å². The fourth-order valence-corrected chi connectivity index (χ4v) is 3.06. The maximum atomic E-state index is 11.7. The van der Waals surface area contributed by atoms with E-state index in [1.807, 2.05) is 13.8 Å². The highest BCUT2D eigenvalue weighted by atomic mass is 32.1. The highest BCUT2D eigenvalue weighted by Gasteiger charge is 2.08. The number of nitrogens with zero attached hydrogens (tertiary/aromatic N) is 2. The van der Waals surface area contributed by atoms with E-state index in [2.05, 4.69) is 27.5 Å². The van der Waals surface area contributed by atoms with Gasteiger partial charge in [-0.05, 0) is 20.3 Å². The van der Waals surface area contributed by atoms with Crippen molar-refractivity contribution in [3.63, 3.8) is 0 Å². The zero-order chi connectivity index (χ0) is 13.8. The van der Waals surface area contributed by atoms with Crippen molar-refractivity contribution in [3.05, 3.63) is 26.7 Å². The molecule has 2 aromatic rings. The van der Waals surface area contributed by atoms with Crippen molar-refractivity contribution in [2.24, 2.45) is 0 Å². The van der Waals surface area contributed by atoms with E-state index in [-0.39, 0.29) is 6.03 Å². The second-order valence-corrected chi connectivity index (χ2v) is 6.45. The zero-order valence-electron chi connectivity index (χ0n) is 11.1. The van der Waals surface area contributed by atoms with Crippen LogP contribution in [0.3, 0.4) is 0 Å². The van der Waals surface area contributed by atoms with E-state index in [0.717, 1.165) is 22.0 Å². The molecule has 7 heteroatoms. The van der Waals surface area contributed by atoms with Crippen LogP contribution in [0.15, 0.2) is 6.20 Å². The summed E-state index contributed by atoms with van der Waals surface area (Å²) in [6.07, 6.45) is 2.71. The van der Waals surface area contributed by atoms with Crippen LogP contribution in [-0.2, 0) is 13.0 Å². The number of amides is 2. The van der Waals surface area contributed by atoms with E-state index >= 15 is 0 Å². The number of nitrogens with one attached hydrogen (secondary N) is 2. The van der Waals surface area contributed by atoms with Crippen LogP contribution in [0.4, 0.5) is 9.93 Å². The SMILES string of the molecule is CCc1cnc(NC(=O)NCc2nc(C)c(C)s2)s1. The zero-order valence-corrected chi connectivity index (χ0v) is 12.7. The molecule has 0 aliphatic heterocycles. The van der Waals surface area contributed by atoms with Crippen molar-refractivity contribution >= 4 is 33.8 Å². The van der Waals surface area contributed by atoms with Gasteiger partial charge in [0.15, 0.2) is 5.13 Å². The predicted octanol–water partition coefficient (Wildman–Crippen LogP) is 3.10. The van der Waals surface area contributed by atoms with Crippen molar-refractivity contribution in [1.29, 1.82) is 0 Å². The number of aromatic nitrogens is 2. The third-order valence-corrected chi connectivity index (χ3v) is 4.73. The molecule has 5 nitrogen and oxygen atoms in total. The molecule has 0 aliphatic rings. The Morgan fingerprint density at radius 2 is 2.16 bits per heavy atom. The molecule has 0 saturated heterocycles. The largest absolute Gasteiger partial charge is 0.331 e. The Hall–Kier alpha value is -1.47. The van der Waals surface area contributed by atoms with E-state index in [1.54, 1.807) is 17.5 Å². The summed E-state index contributed by atoms with van der Waals surface area (Å²) in [5, 5.41) is 7.04. The van der Waals surface area contributed by atoms with Gasteiger partial charge in [0.05, 0.1) is 12.2 Å². The van der Waals surface area contributed by atoms with Gasteiger partial charge in [-0.2, -0.15) is 0 Å². The van der Waals surface area contributed by atoms with Crippen molar-refractivity contribution in [2.75, 3.05) is 5.32 Å². The number of anilines is 1. The predicted molar refractivity (Wildman–Crippen MR) is 78.9 cm³/mol. The summed E-state index contributed by atoms with van der Waals surface area (Å²) >= 11 is 3.10.